The molecule has 0 saturated heterocycles. The summed E-state index contributed by atoms with van der Waals surface area (Å²) in [4.78, 5) is 23.5. The number of halogens is 2. The Morgan fingerprint density at radius 3 is 2.38 bits per heavy atom. The second-order valence-electron chi connectivity index (χ2n) is 4.82. The third-order valence-corrected chi connectivity index (χ3v) is 3.07. The molecule has 0 radical (unpaired) electrons. The molecule has 3 N–H and O–H groups in total. The van der Waals surface area contributed by atoms with Gasteiger partial charge in [-0.2, -0.15) is 0 Å². The molecule has 126 valence electrons. The average molecular weight is 336 g/mol. The Labute approximate surface area is 136 Å². The molecule has 0 fully saturated rings. The number of carbonyl (C=O) groups is 2. The SMILES string of the molecule is COc1cc(F)c(C(=O)NNC(=O)Cc2cccc(O)c2)c(F)c1. The Kier molecular flexibility index (Phi) is 5.31. The van der Waals surface area contributed by atoms with Crippen molar-refractivity contribution >= 4 is 11.8 Å². The van der Waals surface area contributed by atoms with Crippen LogP contribution < -0.4 is 15.6 Å². The number of benzene rings is 2. The minimum atomic E-state index is -1.14. The highest BCUT2D eigenvalue weighted by Crippen LogP contribution is 2.20. The van der Waals surface area contributed by atoms with Gasteiger partial charge >= 0.3 is 0 Å². The molecule has 0 atom stereocenters. The molecule has 6 nitrogen and oxygen atoms in total. The van der Waals surface area contributed by atoms with Gasteiger partial charge in [-0.1, -0.05) is 12.1 Å². The molecule has 0 heterocycles. The first-order valence-corrected chi connectivity index (χ1v) is 6.81. The summed E-state index contributed by atoms with van der Waals surface area (Å²) in [6, 6.07) is 7.68. The van der Waals surface area contributed by atoms with Gasteiger partial charge < -0.3 is 9.84 Å². The molecule has 0 aliphatic rings. The van der Waals surface area contributed by atoms with Crippen molar-refractivity contribution in [2.24, 2.45) is 0 Å². The lowest BCUT2D eigenvalue weighted by molar-refractivity contribution is -0.121. The molecule has 2 rings (SSSR count). The number of phenols is 1. The minimum absolute atomic E-state index is 0.00768. The van der Waals surface area contributed by atoms with Gasteiger partial charge in [-0.3, -0.25) is 20.4 Å². The lowest BCUT2D eigenvalue weighted by Gasteiger charge is -2.10. The number of methoxy groups -OCH3 is 1. The highest BCUT2D eigenvalue weighted by Gasteiger charge is 2.19. The van der Waals surface area contributed by atoms with Crippen molar-refractivity contribution in [1.29, 1.82) is 0 Å². The minimum Gasteiger partial charge on any atom is -0.508 e. The number of rotatable bonds is 4. The molecule has 2 aromatic rings. The number of hydrogen-bond donors (Lipinski definition) is 3. The molecule has 0 spiro atoms. The molecular weight excluding hydrogens is 322 g/mol. The van der Waals surface area contributed by atoms with Crippen molar-refractivity contribution in [1.82, 2.24) is 10.9 Å². The lowest BCUT2D eigenvalue weighted by Crippen LogP contribution is -2.43. The van der Waals surface area contributed by atoms with Crippen LogP contribution in [-0.2, 0) is 11.2 Å². The van der Waals surface area contributed by atoms with Crippen molar-refractivity contribution in [3.63, 3.8) is 0 Å². The Morgan fingerprint density at radius 2 is 1.79 bits per heavy atom. The van der Waals surface area contributed by atoms with E-state index in [2.05, 4.69) is 4.74 Å². The van der Waals surface area contributed by atoms with Crippen LogP contribution in [0.2, 0.25) is 0 Å². The van der Waals surface area contributed by atoms with Crippen molar-refractivity contribution < 1.29 is 28.2 Å². The molecule has 8 heteroatoms. The topological polar surface area (TPSA) is 87.7 Å². The van der Waals surface area contributed by atoms with Gasteiger partial charge in [-0.15, -0.1) is 0 Å². The summed E-state index contributed by atoms with van der Waals surface area (Å²) >= 11 is 0. The predicted molar refractivity (Wildman–Crippen MR) is 80.3 cm³/mol. The Balaban J connectivity index is 1.99. The van der Waals surface area contributed by atoms with E-state index in [-0.39, 0.29) is 17.9 Å². The monoisotopic (exact) mass is 336 g/mol. The largest absolute Gasteiger partial charge is 0.508 e. The average Bonchev–Trinajstić information content (AvgIpc) is 2.52. The number of hydrogen-bond acceptors (Lipinski definition) is 4. The fraction of sp³-hybridized carbons (Fsp3) is 0.125. The van der Waals surface area contributed by atoms with Gasteiger partial charge in [0.25, 0.3) is 5.91 Å². The molecule has 0 unspecified atom stereocenters. The van der Waals surface area contributed by atoms with Crippen molar-refractivity contribution in [3.8, 4) is 11.5 Å². The van der Waals surface area contributed by atoms with E-state index in [9.17, 15) is 23.5 Å². The Bertz CT molecular complexity index is 757. The molecule has 0 aliphatic heterocycles. The van der Waals surface area contributed by atoms with E-state index in [0.717, 1.165) is 12.1 Å². The van der Waals surface area contributed by atoms with E-state index in [4.69, 9.17) is 0 Å². The van der Waals surface area contributed by atoms with Crippen LogP contribution in [0.4, 0.5) is 8.78 Å². The lowest BCUT2D eigenvalue weighted by atomic mass is 10.1. The molecule has 2 aromatic carbocycles. The third kappa shape index (κ3) is 4.19. The van der Waals surface area contributed by atoms with Crippen molar-refractivity contribution in [3.05, 3.63) is 59.2 Å². The number of ether oxygens (including phenoxy) is 1. The summed E-state index contributed by atoms with van der Waals surface area (Å²) in [5, 5.41) is 9.30. The second-order valence-corrected chi connectivity index (χ2v) is 4.82. The van der Waals surface area contributed by atoms with E-state index < -0.39 is 29.0 Å². The summed E-state index contributed by atoms with van der Waals surface area (Å²) in [5.41, 5.74) is 3.64. The van der Waals surface area contributed by atoms with E-state index in [1.165, 1.54) is 19.2 Å². The highest BCUT2D eigenvalue weighted by atomic mass is 19.1. The zero-order chi connectivity index (χ0) is 17.7. The molecule has 0 saturated carbocycles. The van der Waals surface area contributed by atoms with Crippen LogP contribution in [0.1, 0.15) is 15.9 Å². The van der Waals surface area contributed by atoms with E-state index in [0.29, 0.717) is 5.56 Å². The van der Waals surface area contributed by atoms with E-state index in [1.54, 1.807) is 12.1 Å². The summed E-state index contributed by atoms with van der Waals surface area (Å²) in [6.45, 7) is 0. The third-order valence-electron chi connectivity index (χ3n) is 3.07. The van der Waals surface area contributed by atoms with E-state index >= 15 is 0 Å². The molecular formula is C16H14F2N2O4. The van der Waals surface area contributed by atoms with Gasteiger partial charge in [0, 0.05) is 12.1 Å². The van der Waals surface area contributed by atoms with Crippen molar-refractivity contribution in [2.75, 3.05) is 7.11 Å². The fourth-order valence-electron chi connectivity index (χ4n) is 1.97. The summed E-state index contributed by atoms with van der Waals surface area (Å²) < 4.78 is 32.2. The van der Waals surface area contributed by atoms with Gasteiger partial charge in [0.15, 0.2) is 0 Å². The number of aromatic hydroxyl groups is 1. The first kappa shape index (κ1) is 17.2. The first-order valence-electron chi connectivity index (χ1n) is 6.81. The number of phenolic OH excluding ortho intramolecular Hbond substituents is 1. The number of carbonyl (C=O) groups excluding carboxylic acids is 2. The maximum absolute atomic E-state index is 13.7. The molecule has 2 amide bonds. The fourth-order valence-corrected chi connectivity index (χ4v) is 1.97. The highest BCUT2D eigenvalue weighted by molar-refractivity contribution is 5.96. The predicted octanol–water partition coefficient (Wildman–Crippen LogP) is 1.68. The van der Waals surface area contributed by atoms with Crippen LogP contribution in [-0.4, -0.2) is 24.0 Å². The summed E-state index contributed by atoms with van der Waals surface area (Å²) in [7, 11) is 1.23. The quantitative estimate of drug-likeness (QED) is 0.742. The van der Waals surface area contributed by atoms with Crippen LogP contribution in [0.3, 0.4) is 0 Å². The zero-order valence-corrected chi connectivity index (χ0v) is 12.6. The molecule has 0 aromatic heterocycles. The maximum Gasteiger partial charge on any atom is 0.275 e. The van der Waals surface area contributed by atoms with E-state index in [1.807, 2.05) is 10.9 Å². The number of nitrogens with one attached hydrogen (secondary N) is 2. The van der Waals surface area contributed by atoms with Crippen LogP contribution in [0, 0.1) is 11.6 Å². The molecule has 0 bridgehead atoms. The normalized spacial score (nSPS) is 10.1. The van der Waals surface area contributed by atoms with Gasteiger partial charge in [0.05, 0.1) is 13.5 Å². The van der Waals surface area contributed by atoms with Gasteiger partial charge in [-0.25, -0.2) is 8.78 Å². The first-order chi connectivity index (χ1) is 11.4. The summed E-state index contributed by atoms with van der Waals surface area (Å²) in [5.74, 6) is -4.08. The smallest absolute Gasteiger partial charge is 0.275 e. The standard InChI is InChI=1S/C16H14F2N2O4/c1-24-11-7-12(17)15(13(18)8-11)16(23)20-19-14(22)6-9-3-2-4-10(21)5-9/h2-5,7-8,21H,6H2,1H3,(H,19,22)(H,20,23). The Morgan fingerprint density at radius 1 is 1.12 bits per heavy atom. The second kappa shape index (κ2) is 7.40. The van der Waals surface area contributed by atoms with Crippen LogP contribution >= 0.6 is 0 Å². The van der Waals surface area contributed by atoms with Crippen LogP contribution in [0.25, 0.3) is 0 Å². The maximum atomic E-state index is 13.7. The van der Waals surface area contributed by atoms with Gasteiger partial charge in [0.2, 0.25) is 5.91 Å². The molecule has 24 heavy (non-hydrogen) atoms. The Hall–Kier alpha value is -3.16. The number of hydrazine groups is 1. The number of amides is 2. The van der Waals surface area contributed by atoms with Crippen LogP contribution in [0.15, 0.2) is 36.4 Å². The zero-order valence-electron chi connectivity index (χ0n) is 12.6. The summed E-state index contributed by atoms with van der Waals surface area (Å²) in [6.07, 6.45) is -0.137. The van der Waals surface area contributed by atoms with Gasteiger partial charge in [-0.05, 0) is 17.7 Å². The van der Waals surface area contributed by atoms with Crippen molar-refractivity contribution in [2.45, 2.75) is 6.42 Å². The van der Waals surface area contributed by atoms with Crippen LogP contribution in [0.5, 0.6) is 11.5 Å². The van der Waals surface area contributed by atoms with Gasteiger partial charge in [0.1, 0.15) is 28.7 Å². The molecule has 0 aliphatic carbocycles.